The van der Waals surface area contributed by atoms with Crippen molar-refractivity contribution in [3.63, 3.8) is 0 Å². The largest absolute Gasteiger partial charge is 0.460 e. The van der Waals surface area contributed by atoms with Gasteiger partial charge in [0.2, 0.25) is 0 Å². The lowest BCUT2D eigenvalue weighted by Crippen LogP contribution is -2.28. The molecule has 0 aromatic heterocycles. The lowest BCUT2D eigenvalue weighted by Gasteiger charge is -2.23. The fourth-order valence-electron chi connectivity index (χ4n) is 2.24. The Morgan fingerprint density at radius 1 is 1.28 bits per heavy atom. The second-order valence-corrected chi connectivity index (χ2v) is 7.55. The van der Waals surface area contributed by atoms with E-state index in [1.54, 1.807) is 0 Å². The van der Waals surface area contributed by atoms with E-state index >= 15 is 0 Å². The van der Waals surface area contributed by atoms with Crippen molar-refractivity contribution < 1.29 is 9.53 Å². The first kappa shape index (κ1) is 15.9. The molecule has 18 heavy (non-hydrogen) atoms. The van der Waals surface area contributed by atoms with Gasteiger partial charge in [-0.2, -0.15) is 11.8 Å². The average molecular weight is 272 g/mol. The van der Waals surface area contributed by atoms with Crippen LogP contribution in [0.4, 0.5) is 0 Å². The molecule has 0 amide bonds. The van der Waals surface area contributed by atoms with E-state index in [9.17, 15) is 4.79 Å². The molecule has 3 heteroatoms. The van der Waals surface area contributed by atoms with Gasteiger partial charge < -0.3 is 4.74 Å². The van der Waals surface area contributed by atoms with Crippen molar-refractivity contribution in [1.29, 1.82) is 0 Å². The molecule has 1 atom stereocenters. The molecule has 0 N–H and O–H groups in total. The predicted octanol–water partition coefficient (Wildman–Crippen LogP) is 4.28. The molecule has 106 valence electrons. The van der Waals surface area contributed by atoms with Crippen LogP contribution in [0.2, 0.25) is 0 Å². The van der Waals surface area contributed by atoms with Crippen LogP contribution in [0.25, 0.3) is 0 Å². The Bertz CT molecular complexity index is 252. The first-order valence-corrected chi connectivity index (χ1v) is 8.34. The maximum absolute atomic E-state index is 11.8. The van der Waals surface area contributed by atoms with Gasteiger partial charge in [-0.25, -0.2) is 0 Å². The minimum absolute atomic E-state index is 0.0119. The molecular formula is C15H28O2S. The Kier molecular flexibility index (Phi) is 6.54. The highest BCUT2D eigenvalue weighted by atomic mass is 32.2. The molecule has 0 spiro atoms. The van der Waals surface area contributed by atoms with Crippen LogP contribution in [0.3, 0.4) is 0 Å². The van der Waals surface area contributed by atoms with E-state index in [0.717, 1.165) is 11.7 Å². The van der Waals surface area contributed by atoms with Gasteiger partial charge in [-0.3, -0.25) is 4.79 Å². The number of carbonyl (C=O) groups excluding carboxylic acids is 1. The summed E-state index contributed by atoms with van der Waals surface area (Å²) in [6.07, 6.45) is 6.97. The summed E-state index contributed by atoms with van der Waals surface area (Å²) < 4.78 is 5.39. The lowest BCUT2D eigenvalue weighted by atomic mass is 9.91. The van der Waals surface area contributed by atoms with Crippen LogP contribution in [0.1, 0.15) is 59.8 Å². The van der Waals surface area contributed by atoms with Crippen LogP contribution in [-0.2, 0) is 9.53 Å². The smallest absolute Gasteiger partial charge is 0.310 e. The van der Waals surface area contributed by atoms with Gasteiger partial charge in [0.1, 0.15) is 5.60 Å². The number of ether oxygens (including phenoxy) is 1. The molecule has 0 heterocycles. The number of hydrogen-bond donors (Lipinski definition) is 0. The number of rotatable bonds is 5. The summed E-state index contributed by atoms with van der Waals surface area (Å²) in [5, 5.41) is 0. The third-order valence-electron chi connectivity index (χ3n) is 3.26. The highest BCUT2D eigenvalue weighted by molar-refractivity contribution is 7.99. The third kappa shape index (κ3) is 6.67. The van der Waals surface area contributed by atoms with E-state index in [0.29, 0.717) is 0 Å². The van der Waals surface area contributed by atoms with Crippen LogP contribution in [0.5, 0.6) is 0 Å². The fraction of sp³-hybridized carbons (Fsp3) is 0.933. The minimum atomic E-state index is -0.362. The molecule has 1 aliphatic carbocycles. The SMILES string of the molecule is C[C@H](CSCC1CCCCC1)C(=O)OC(C)(C)C. The number of thioether (sulfide) groups is 1. The minimum Gasteiger partial charge on any atom is -0.460 e. The van der Waals surface area contributed by atoms with E-state index in [4.69, 9.17) is 4.74 Å². The van der Waals surface area contributed by atoms with Crippen molar-refractivity contribution in [2.45, 2.75) is 65.4 Å². The van der Waals surface area contributed by atoms with Crippen LogP contribution in [0.15, 0.2) is 0 Å². The Hall–Kier alpha value is -0.180. The van der Waals surface area contributed by atoms with E-state index in [-0.39, 0.29) is 17.5 Å². The molecular weight excluding hydrogens is 244 g/mol. The highest BCUT2D eigenvalue weighted by Gasteiger charge is 2.22. The number of esters is 1. The highest BCUT2D eigenvalue weighted by Crippen LogP contribution is 2.27. The van der Waals surface area contributed by atoms with Crippen molar-refractivity contribution in [1.82, 2.24) is 0 Å². The number of carbonyl (C=O) groups is 1. The van der Waals surface area contributed by atoms with Gasteiger partial charge in [-0.1, -0.05) is 26.2 Å². The van der Waals surface area contributed by atoms with Crippen LogP contribution < -0.4 is 0 Å². The Balaban J connectivity index is 2.15. The van der Waals surface area contributed by atoms with Gasteiger partial charge in [-0.05, 0) is 45.3 Å². The Morgan fingerprint density at radius 2 is 1.89 bits per heavy atom. The molecule has 0 unspecified atom stereocenters. The third-order valence-corrected chi connectivity index (χ3v) is 4.70. The molecule has 0 aromatic carbocycles. The van der Waals surface area contributed by atoms with Gasteiger partial charge in [0, 0.05) is 5.75 Å². The van der Waals surface area contributed by atoms with E-state index < -0.39 is 0 Å². The van der Waals surface area contributed by atoms with Gasteiger partial charge in [0.05, 0.1) is 5.92 Å². The molecule has 0 radical (unpaired) electrons. The van der Waals surface area contributed by atoms with Crippen molar-refractivity contribution in [2.75, 3.05) is 11.5 Å². The second kappa shape index (κ2) is 7.42. The zero-order valence-corrected chi connectivity index (χ0v) is 13.1. The molecule has 0 aromatic rings. The average Bonchev–Trinajstić information content (AvgIpc) is 2.28. The monoisotopic (exact) mass is 272 g/mol. The standard InChI is InChI=1S/C15H28O2S/c1-12(14(16)17-15(2,3)4)10-18-11-13-8-6-5-7-9-13/h12-13H,5-11H2,1-4H3/t12-/m1/s1. The Labute approximate surface area is 116 Å². The predicted molar refractivity (Wildman–Crippen MR) is 78.9 cm³/mol. The molecule has 0 aliphatic heterocycles. The molecule has 1 fully saturated rings. The fourth-order valence-corrected chi connectivity index (χ4v) is 3.53. The Morgan fingerprint density at radius 3 is 2.44 bits per heavy atom. The van der Waals surface area contributed by atoms with Crippen LogP contribution in [0, 0.1) is 11.8 Å². The van der Waals surface area contributed by atoms with Gasteiger partial charge >= 0.3 is 5.97 Å². The van der Waals surface area contributed by atoms with Crippen molar-refractivity contribution >= 4 is 17.7 Å². The first-order valence-electron chi connectivity index (χ1n) is 7.19. The van der Waals surface area contributed by atoms with E-state index in [1.165, 1.54) is 37.9 Å². The summed E-state index contributed by atoms with van der Waals surface area (Å²) >= 11 is 1.92. The summed E-state index contributed by atoms with van der Waals surface area (Å²) in [5.74, 6) is 2.95. The van der Waals surface area contributed by atoms with Crippen molar-refractivity contribution in [3.8, 4) is 0 Å². The lowest BCUT2D eigenvalue weighted by molar-refractivity contribution is -0.158. The molecule has 1 rings (SSSR count). The van der Waals surface area contributed by atoms with Gasteiger partial charge in [0.25, 0.3) is 0 Å². The summed E-state index contributed by atoms with van der Waals surface area (Å²) in [6.45, 7) is 7.74. The molecule has 0 bridgehead atoms. The summed E-state index contributed by atoms with van der Waals surface area (Å²) in [5.41, 5.74) is -0.362. The van der Waals surface area contributed by atoms with Crippen LogP contribution in [-0.4, -0.2) is 23.1 Å². The summed E-state index contributed by atoms with van der Waals surface area (Å²) in [4.78, 5) is 11.8. The zero-order chi connectivity index (χ0) is 13.6. The van der Waals surface area contributed by atoms with E-state index in [2.05, 4.69) is 0 Å². The van der Waals surface area contributed by atoms with Gasteiger partial charge in [0.15, 0.2) is 0 Å². The quantitative estimate of drug-likeness (QED) is 0.699. The summed E-state index contributed by atoms with van der Waals surface area (Å²) in [7, 11) is 0. The first-order chi connectivity index (χ1) is 8.38. The molecule has 1 saturated carbocycles. The molecule has 2 nitrogen and oxygen atoms in total. The molecule has 1 aliphatic rings. The topological polar surface area (TPSA) is 26.3 Å². The zero-order valence-electron chi connectivity index (χ0n) is 12.3. The maximum Gasteiger partial charge on any atom is 0.310 e. The van der Waals surface area contributed by atoms with Crippen molar-refractivity contribution in [3.05, 3.63) is 0 Å². The van der Waals surface area contributed by atoms with Crippen molar-refractivity contribution in [2.24, 2.45) is 11.8 Å². The van der Waals surface area contributed by atoms with E-state index in [1.807, 2.05) is 39.5 Å². The van der Waals surface area contributed by atoms with Crippen LogP contribution >= 0.6 is 11.8 Å². The summed E-state index contributed by atoms with van der Waals surface area (Å²) in [6, 6.07) is 0. The number of hydrogen-bond acceptors (Lipinski definition) is 3. The normalized spacial score (nSPS) is 19.6. The molecule has 0 saturated heterocycles. The van der Waals surface area contributed by atoms with Gasteiger partial charge in [-0.15, -0.1) is 0 Å². The maximum atomic E-state index is 11.8. The second-order valence-electron chi connectivity index (χ2n) is 6.48.